The van der Waals surface area contributed by atoms with Gasteiger partial charge in [0.05, 0.1) is 0 Å². The lowest BCUT2D eigenvalue weighted by molar-refractivity contribution is -0.660. The lowest BCUT2D eigenvalue weighted by atomic mass is 9.93. The average Bonchev–Trinajstić information content (AvgIpc) is 3.69. The number of aromatic nitrogens is 4. The second-order valence-electron chi connectivity index (χ2n) is 23.2. The molecule has 0 spiro atoms. The number of hydrogen-bond acceptors (Lipinski definition) is 0. The molecule has 4 heteroatoms. The van der Waals surface area contributed by atoms with Crippen molar-refractivity contribution in [2.24, 2.45) is 28.2 Å². The van der Waals surface area contributed by atoms with Crippen LogP contribution in [0.25, 0.3) is 89.5 Å². The van der Waals surface area contributed by atoms with Crippen molar-refractivity contribution in [1.82, 2.24) is 0 Å². The van der Waals surface area contributed by atoms with Gasteiger partial charge in [0.15, 0.2) is 24.8 Å². The minimum Gasteiger partial charge on any atom is -0.201 e. The van der Waals surface area contributed by atoms with Crippen LogP contribution in [0.3, 0.4) is 0 Å². The molecule has 0 radical (unpaired) electrons. The molecule has 0 saturated carbocycles. The molecule has 0 bridgehead atoms. The third-order valence-electron chi connectivity index (χ3n) is 16.4. The van der Waals surface area contributed by atoms with Crippen LogP contribution in [-0.4, -0.2) is 0 Å². The van der Waals surface area contributed by atoms with Gasteiger partial charge in [0.25, 0.3) is 0 Å². The van der Waals surface area contributed by atoms with E-state index in [-0.39, 0.29) is 0 Å². The monoisotopic (exact) mass is 1120 g/mol. The van der Waals surface area contributed by atoms with Gasteiger partial charge >= 0.3 is 0 Å². The molecular formula is C82H84N4+4. The zero-order valence-electron chi connectivity index (χ0n) is 53.0. The molecule has 0 unspecified atom stereocenters. The molecular weight excluding hydrogens is 1040 g/mol. The van der Waals surface area contributed by atoms with Crippen LogP contribution in [0.15, 0.2) is 255 Å². The first-order valence-electron chi connectivity index (χ1n) is 29.9. The van der Waals surface area contributed by atoms with Crippen molar-refractivity contribution in [3.8, 4) is 89.5 Å². The smallest absolute Gasteiger partial charge is 0.201 e. The largest absolute Gasteiger partial charge is 0.212 e. The zero-order valence-corrected chi connectivity index (χ0v) is 53.0. The summed E-state index contributed by atoms with van der Waals surface area (Å²) in [6.45, 7) is 21.7. The molecule has 0 saturated heterocycles. The molecule has 428 valence electrons. The Morgan fingerprint density at radius 2 is 0.535 bits per heavy atom. The fraction of sp³-hybridized carbons (Fsp3) is 0.171. The minimum absolute atomic E-state index is 1.25. The van der Waals surface area contributed by atoms with E-state index < -0.39 is 0 Å². The Hall–Kier alpha value is -9.64. The van der Waals surface area contributed by atoms with E-state index >= 15 is 0 Å². The van der Waals surface area contributed by atoms with Crippen LogP contribution < -0.4 is 18.3 Å². The van der Waals surface area contributed by atoms with E-state index in [0.717, 1.165) is 0 Å². The van der Waals surface area contributed by atoms with Gasteiger partial charge in [0.2, 0.25) is 22.8 Å². The van der Waals surface area contributed by atoms with Gasteiger partial charge in [-0.15, -0.1) is 0 Å². The van der Waals surface area contributed by atoms with Crippen LogP contribution in [-0.2, 0) is 28.2 Å². The molecule has 12 rings (SSSR count). The molecule has 0 N–H and O–H groups in total. The summed E-state index contributed by atoms with van der Waals surface area (Å²) in [5.41, 5.74) is 33.5. The molecule has 12 aromatic rings. The van der Waals surface area contributed by atoms with Gasteiger partial charge in [-0.2, -0.15) is 0 Å². The van der Waals surface area contributed by atoms with Crippen molar-refractivity contribution < 1.29 is 18.3 Å². The lowest BCUT2D eigenvalue weighted by Crippen LogP contribution is -2.31. The van der Waals surface area contributed by atoms with Gasteiger partial charge in [0, 0.05) is 69.3 Å². The standard InChI is InChI=1S/2C21H22N.2C20H20N/c1-15-13-21(22(4)14-17(15)3)20-11-10-19(12-16(20)2)18-8-6-5-7-9-18;1-15-10-11-21(22(4)14-15)20-13-16(2)19(12-17(20)3)18-8-6-5-7-9-18;1-15-14-19(20-11-7-8-12-21(20)3)16(2)13-18(15)17-9-5-4-6-10-17;1-15-9-12-20(21(3)14-15)19-11-10-18(13-16(19)2)17-7-5-4-6-8-17/h2*5-14H,1-4H3;2*4-14H,1-3H3/q4*+1. The molecule has 86 heavy (non-hydrogen) atoms. The summed E-state index contributed by atoms with van der Waals surface area (Å²) in [5.74, 6) is 0. The number of nitrogens with zero attached hydrogens (tertiary/aromatic N) is 4. The maximum atomic E-state index is 2.31. The first-order chi connectivity index (χ1) is 41.4. The Balaban J connectivity index is 0.000000137. The normalized spacial score (nSPS) is 10.7. The Bertz CT molecular complexity index is 4300. The number of aryl methyl sites for hydroxylation is 14. The maximum Gasteiger partial charge on any atom is 0.212 e. The first kappa shape index (κ1) is 60.9. The fourth-order valence-corrected chi connectivity index (χ4v) is 11.6. The van der Waals surface area contributed by atoms with E-state index in [1.54, 1.807) is 0 Å². The highest BCUT2D eigenvalue weighted by Crippen LogP contribution is 2.33. The minimum atomic E-state index is 1.25. The van der Waals surface area contributed by atoms with Gasteiger partial charge in [-0.3, -0.25) is 0 Å². The van der Waals surface area contributed by atoms with Crippen LogP contribution in [0.5, 0.6) is 0 Å². The van der Waals surface area contributed by atoms with E-state index in [0.29, 0.717) is 0 Å². The van der Waals surface area contributed by atoms with E-state index in [1.165, 1.54) is 145 Å². The Morgan fingerprint density at radius 1 is 0.198 bits per heavy atom. The molecule has 0 aliphatic heterocycles. The van der Waals surface area contributed by atoms with Crippen molar-refractivity contribution in [2.45, 2.75) is 69.2 Å². The van der Waals surface area contributed by atoms with Gasteiger partial charge in [-0.1, -0.05) is 158 Å². The summed E-state index contributed by atoms with van der Waals surface area (Å²) in [6.07, 6.45) is 8.64. The van der Waals surface area contributed by atoms with E-state index in [2.05, 4.69) is 371 Å². The van der Waals surface area contributed by atoms with Crippen LogP contribution in [0.4, 0.5) is 0 Å². The molecule has 0 amide bonds. The summed E-state index contributed by atoms with van der Waals surface area (Å²) in [4.78, 5) is 0. The molecule has 0 fully saturated rings. The fourth-order valence-electron chi connectivity index (χ4n) is 11.6. The maximum absolute atomic E-state index is 2.31. The van der Waals surface area contributed by atoms with Gasteiger partial charge in [-0.25, -0.2) is 18.3 Å². The lowest BCUT2D eigenvalue weighted by Gasteiger charge is -2.12. The van der Waals surface area contributed by atoms with Crippen LogP contribution in [0.1, 0.15) is 55.6 Å². The highest BCUT2D eigenvalue weighted by Gasteiger charge is 2.19. The topological polar surface area (TPSA) is 15.5 Å². The predicted octanol–water partition coefficient (Wildman–Crippen LogP) is 18.5. The summed E-state index contributed by atoms with van der Waals surface area (Å²) in [6, 6.07) is 82.2. The van der Waals surface area contributed by atoms with Crippen molar-refractivity contribution in [3.05, 3.63) is 311 Å². The van der Waals surface area contributed by atoms with Gasteiger partial charge in [-0.05, 0) is 195 Å². The zero-order chi connectivity index (χ0) is 61.0. The molecule has 0 aliphatic rings. The quantitative estimate of drug-likeness (QED) is 0.135. The Labute approximate surface area is 513 Å². The molecule has 8 aromatic carbocycles. The predicted molar refractivity (Wildman–Crippen MR) is 361 cm³/mol. The number of rotatable bonds is 8. The first-order valence-corrected chi connectivity index (χ1v) is 29.9. The van der Waals surface area contributed by atoms with E-state index in [9.17, 15) is 0 Å². The number of benzene rings is 8. The second kappa shape index (κ2) is 27.8. The van der Waals surface area contributed by atoms with Crippen molar-refractivity contribution in [1.29, 1.82) is 0 Å². The van der Waals surface area contributed by atoms with Crippen LogP contribution in [0, 0.1) is 69.2 Å². The molecule has 4 nitrogen and oxygen atoms in total. The Kier molecular flexibility index (Phi) is 19.7. The summed E-state index contributed by atoms with van der Waals surface area (Å²) >= 11 is 0. The number of hydrogen-bond donors (Lipinski definition) is 0. The summed E-state index contributed by atoms with van der Waals surface area (Å²) in [7, 11) is 8.43. The Morgan fingerprint density at radius 3 is 0.942 bits per heavy atom. The second-order valence-corrected chi connectivity index (χ2v) is 23.2. The summed E-state index contributed by atoms with van der Waals surface area (Å²) in [5, 5.41) is 0. The van der Waals surface area contributed by atoms with E-state index in [1.807, 2.05) is 0 Å². The molecule has 4 heterocycles. The van der Waals surface area contributed by atoms with E-state index in [4.69, 9.17) is 0 Å². The van der Waals surface area contributed by atoms with Crippen molar-refractivity contribution in [2.75, 3.05) is 0 Å². The van der Waals surface area contributed by atoms with Gasteiger partial charge < -0.3 is 0 Å². The van der Waals surface area contributed by atoms with Crippen LogP contribution >= 0.6 is 0 Å². The SMILES string of the molecule is Cc1cc(-c2ccc(-c3ccccc3)cc2C)[n+](C)cc1C.Cc1cc(-c2cccc[n+]2C)c(C)cc1-c1ccccc1.Cc1ccc(-c2cc(C)c(-c3ccccc3)cc2C)[n+](C)c1.Cc1ccc(-c2ccc(-c3ccccc3)cc2C)[n+](C)c1. The number of pyridine rings is 4. The third kappa shape index (κ3) is 14.6. The highest BCUT2D eigenvalue weighted by atomic mass is 14.9. The average molecular weight is 1130 g/mol. The van der Waals surface area contributed by atoms with Crippen LogP contribution in [0.2, 0.25) is 0 Å². The molecule has 0 aliphatic carbocycles. The molecule has 0 atom stereocenters. The van der Waals surface area contributed by atoms with Crippen molar-refractivity contribution in [3.63, 3.8) is 0 Å². The third-order valence-corrected chi connectivity index (χ3v) is 16.4. The summed E-state index contributed by atoms with van der Waals surface area (Å²) < 4.78 is 8.79. The molecule has 4 aromatic heterocycles. The highest BCUT2D eigenvalue weighted by molar-refractivity contribution is 5.77. The van der Waals surface area contributed by atoms with Crippen molar-refractivity contribution >= 4 is 0 Å². The van der Waals surface area contributed by atoms with Gasteiger partial charge in [0.1, 0.15) is 28.2 Å².